The third-order valence-corrected chi connectivity index (χ3v) is 2.00. The molecule has 0 aliphatic carbocycles. The number of carboxylic acid groups (broad SMARTS) is 1. The number of carbonyl (C=O) groups is 1. The summed E-state index contributed by atoms with van der Waals surface area (Å²) in [6.45, 7) is 1.22. The van der Waals surface area contributed by atoms with Crippen molar-refractivity contribution in [3.63, 3.8) is 0 Å². The van der Waals surface area contributed by atoms with Crippen molar-refractivity contribution in [1.82, 2.24) is 4.98 Å². The Balaban J connectivity index is 3.27. The first-order valence-corrected chi connectivity index (χ1v) is 4.06. The van der Waals surface area contributed by atoms with Crippen LogP contribution in [-0.2, 0) is 5.54 Å². The lowest BCUT2D eigenvalue weighted by Gasteiger charge is -2.23. The Morgan fingerprint density at radius 3 is 2.86 bits per heavy atom. The van der Waals surface area contributed by atoms with E-state index < -0.39 is 11.5 Å². The maximum absolute atomic E-state index is 10.8. The van der Waals surface area contributed by atoms with Crippen LogP contribution in [0.3, 0.4) is 0 Å². The molecule has 0 amide bonds. The molecule has 14 heavy (non-hydrogen) atoms. The number of pyridine rings is 1. The first-order chi connectivity index (χ1) is 6.49. The summed E-state index contributed by atoms with van der Waals surface area (Å²) in [4.78, 5) is 14.6. The van der Waals surface area contributed by atoms with Crippen molar-refractivity contribution in [1.29, 1.82) is 0 Å². The highest BCUT2D eigenvalue weighted by atomic mass is 16.4. The number of hydrogen-bond donors (Lipinski definition) is 3. The smallest absolute Gasteiger partial charge is 0.336 e. The molecule has 1 heterocycles. The van der Waals surface area contributed by atoms with Gasteiger partial charge in [-0.05, 0) is 13.0 Å². The lowest BCUT2D eigenvalue weighted by Crippen LogP contribution is -2.38. The van der Waals surface area contributed by atoms with Crippen molar-refractivity contribution in [2.45, 2.75) is 12.5 Å². The highest BCUT2D eigenvalue weighted by Gasteiger charge is 2.25. The van der Waals surface area contributed by atoms with Crippen LogP contribution in [-0.4, -0.2) is 27.8 Å². The van der Waals surface area contributed by atoms with E-state index in [1.165, 1.54) is 18.5 Å². The zero-order chi connectivity index (χ0) is 10.8. The molecule has 0 saturated carbocycles. The van der Waals surface area contributed by atoms with E-state index in [-0.39, 0.29) is 12.2 Å². The monoisotopic (exact) mass is 196 g/mol. The number of carboxylic acids is 1. The second-order valence-electron chi connectivity index (χ2n) is 3.30. The minimum absolute atomic E-state index is 0.0686. The average molecular weight is 196 g/mol. The maximum Gasteiger partial charge on any atom is 0.336 e. The fourth-order valence-electron chi connectivity index (χ4n) is 1.12. The van der Waals surface area contributed by atoms with Crippen molar-refractivity contribution in [2.24, 2.45) is 5.73 Å². The quantitative estimate of drug-likeness (QED) is 0.629. The van der Waals surface area contributed by atoms with Gasteiger partial charge in [0, 0.05) is 18.0 Å². The van der Waals surface area contributed by atoms with Crippen LogP contribution in [0.5, 0.6) is 0 Å². The minimum Gasteiger partial charge on any atom is -0.478 e. The molecule has 0 aliphatic heterocycles. The second-order valence-corrected chi connectivity index (χ2v) is 3.30. The van der Waals surface area contributed by atoms with Crippen LogP contribution in [0.4, 0.5) is 0 Å². The molecule has 1 aromatic heterocycles. The Bertz CT molecular complexity index is 350. The molecule has 0 aliphatic rings. The summed E-state index contributed by atoms with van der Waals surface area (Å²) >= 11 is 0. The summed E-state index contributed by atoms with van der Waals surface area (Å²) in [5, 5.41) is 17.9. The number of aromatic carboxylic acids is 1. The van der Waals surface area contributed by atoms with E-state index >= 15 is 0 Å². The molecule has 1 rings (SSSR count). The molecule has 0 unspecified atom stereocenters. The lowest BCUT2D eigenvalue weighted by atomic mass is 9.91. The van der Waals surface area contributed by atoms with E-state index in [2.05, 4.69) is 4.98 Å². The molecular weight excluding hydrogens is 184 g/mol. The Morgan fingerprint density at radius 1 is 1.71 bits per heavy atom. The first kappa shape index (κ1) is 10.6. The fraction of sp³-hybridized carbons (Fsp3) is 0.333. The molecule has 0 bridgehead atoms. The van der Waals surface area contributed by atoms with Crippen LogP contribution in [0.25, 0.3) is 0 Å². The number of aromatic nitrogens is 1. The molecule has 0 fully saturated rings. The summed E-state index contributed by atoms with van der Waals surface area (Å²) in [7, 11) is 0. The minimum atomic E-state index is -1.08. The van der Waals surface area contributed by atoms with Gasteiger partial charge in [0.1, 0.15) is 0 Å². The molecule has 76 valence electrons. The van der Waals surface area contributed by atoms with Crippen molar-refractivity contribution in [3.05, 3.63) is 29.6 Å². The van der Waals surface area contributed by atoms with Gasteiger partial charge in [0.25, 0.3) is 0 Å². The van der Waals surface area contributed by atoms with E-state index in [1.54, 1.807) is 6.92 Å². The van der Waals surface area contributed by atoms with Crippen LogP contribution in [0.2, 0.25) is 0 Å². The summed E-state index contributed by atoms with van der Waals surface area (Å²) < 4.78 is 0. The van der Waals surface area contributed by atoms with E-state index in [0.717, 1.165) is 0 Å². The Labute approximate surface area is 81.2 Å². The van der Waals surface area contributed by atoms with Crippen LogP contribution < -0.4 is 5.73 Å². The van der Waals surface area contributed by atoms with E-state index in [9.17, 15) is 4.79 Å². The van der Waals surface area contributed by atoms with Crippen LogP contribution >= 0.6 is 0 Å². The molecule has 5 heteroatoms. The summed E-state index contributed by atoms with van der Waals surface area (Å²) in [6.07, 6.45) is 2.74. The zero-order valence-corrected chi connectivity index (χ0v) is 7.77. The second kappa shape index (κ2) is 3.73. The molecule has 4 N–H and O–H groups in total. The molecule has 1 aromatic rings. The van der Waals surface area contributed by atoms with Gasteiger partial charge in [0.2, 0.25) is 0 Å². The predicted octanol–water partition coefficient (Wildman–Crippen LogP) is -0.0540. The highest BCUT2D eigenvalue weighted by Crippen LogP contribution is 2.20. The SMILES string of the molecule is C[C@](N)(CO)c1cnccc1C(=O)O. The lowest BCUT2D eigenvalue weighted by molar-refractivity contribution is 0.0692. The van der Waals surface area contributed by atoms with E-state index in [1.807, 2.05) is 0 Å². The van der Waals surface area contributed by atoms with Crippen molar-refractivity contribution >= 4 is 5.97 Å². The number of nitrogens with two attached hydrogens (primary N) is 1. The van der Waals surface area contributed by atoms with Gasteiger partial charge in [-0.1, -0.05) is 0 Å². The first-order valence-electron chi connectivity index (χ1n) is 4.06. The Kier molecular flexibility index (Phi) is 2.83. The van der Waals surface area contributed by atoms with Gasteiger partial charge in [0.05, 0.1) is 17.7 Å². The van der Waals surface area contributed by atoms with Crippen LogP contribution in [0.1, 0.15) is 22.8 Å². The van der Waals surface area contributed by atoms with Gasteiger partial charge >= 0.3 is 5.97 Å². The standard InChI is InChI=1S/C9H12N2O3/c1-9(10,5-12)7-4-11-3-2-6(7)8(13)14/h2-4,12H,5,10H2,1H3,(H,13,14)/t9-/m0/s1. The largest absolute Gasteiger partial charge is 0.478 e. The zero-order valence-electron chi connectivity index (χ0n) is 7.77. The van der Waals surface area contributed by atoms with Crippen molar-refractivity contribution < 1.29 is 15.0 Å². The number of aliphatic hydroxyl groups is 1. The molecule has 0 spiro atoms. The topological polar surface area (TPSA) is 96.4 Å². The van der Waals surface area contributed by atoms with Gasteiger partial charge in [-0.25, -0.2) is 4.79 Å². The van der Waals surface area contributed by atoms with Crippen LogP contribution in [0.15, 0.2) is 18.5 Å². The van der Waals surface area contributed by atoms with Gasteiger partial charge in [0.15, 0.2) is 0 Å². The number of nitrogens with zero attached hydrogens (tertiary/aromatic N) is 1. The molecule has 0 saturated heterocycles. The van der Waals surface area contributed by atoms with Gasteiger partial charge in [-0.3, -0.25) is 4.98 Å². The number of hydrogen-bond acceptors (Lipinski definition) is 4. The third kappa shape index (κ3) is 1.89. The molecule has 0 radical (unpaired) electrons. The predicted molar refractivity (Wildman–Crippen MR) is 49.8 cm³/mol. The average Bonchev–Trinajstić information content (AvgIpc) is 2.18. The van der Waals surface area contributed by atoms with E-state index in [0.29, 0.717) is 5.56 Å². The molecule has 1 atom stereocenters. The highest BCUT2D eigenvalue weighted by molar-refractivity contribution is 5.89. The van der Waals surface area contributed by atoms with E-state index in [4.69, 9.17) is 15.9 Å². The molecule has 0 aromatic carbocycles. The Morgan fingerprint density at radius 2 is 2.36 bits per heavy atom. The summed E-state index contributed by atoms with van der Waals surface area (Å²) in [6, 6.07) is 1.36. The third-order valence-electron chi connectivity index (χ3n) is 2.00. The van der Waals surface area contributed by atoms with Crippen LogP contribution in [0, 0.1) is 0 Å². The van der Waals surface area contributed by atoms with Crippen molar-refractivity contribution in [3.8, 4) is 0 Å². The maximum atomic E-state index is 10.8. The molecule has 5 nitrogen and oxygen atoms in total. The van der Waals surface area contributed by atoms with Gasteiger partial charge < -0.3 is 15.9 Å². The van der Waals surface area contributed by atoms with Gasteiger partial charge in [-0.2, -0.15) is 0 Å². The molecular formula is C9H12N2O3. The summed E-state index contributed by atoms with van der Waals surface area (Å²) in [5.74, 6) is -1.08. The van der Waals surface area contributed by atoms with Crippen molar-refractivity contribution in [2.75, 3.05) is 6.61 Å². The Hall–Kier alpha value is -1.46. The number of aliphatic hydroxyl groups excluding tert-OH is 1. The summed E-state index contributed by atoms with van der Waals surface area (Å²) in [5.41, 5.74) is 5.04. The number of rotatable bonds is 3. The van der Waals surface area contributed by atoms with Gasteiger partial charge in [-0.15, -0.1) is 0 Å². The normalized spacial score (nSPS) is 14.8. The fourth-order valence-corrected chi connectivity index (χ4v) is 1.12.